The second kappa shape index (κ2) is 5.58. The van der Waals surface area contributed by atoms with Crippen molar-refractivity contribution in [2.24, 2.45) is 0 Å². The van der Waals surface area contributed by atoms with E-state index in [1.54, 1.807) is 23.7 Å². The van der Waals surface area contributed by atoms with E-state index in [1.165, 1.54) is 18.4 Å². The Balaban J connectivity index is 2.43. The van der Waals surface area contributed by atoms with Crippen LogP contribution in [0.3, 0.4) is 0 Å². The van der Waals surface area contributed by atoms with Crippen LogP contribution < -0.4 is 9.46 Å². The van der Waals surface area contributed by atoms with Crippen molar-refractivity contribution in [2.75, 3.05) is 11.8 Å². The lowest BCUT2D eigenvalue weighted by atomic mass is 10.2. The Morgan fingerprint density at radius 2 is 2.21 bits per heavy atom. The van der Waals surface area contributed by atoms with Crippen molar-refractivity contribution in [3.05, 3.63) is 35.3 Å². The highest BCUT2D eigenvalue weighted by Crippen LogP contribution is 2.27. The van der Waals surface area contributed by atoms with Gasteiger partial charge in [-0.1, -0.05) is 13.0 Å². The summed E-state index contributed by atoms with van der Waals surface area (Å²) in [4.78, 5) is 4.04. The van der Waals surface area contributed by atoms with Gasteiger partial charge in [-0.2, -0.15) is 0 Å². The highest BCUT2D eigenvalue weighted by molar-refractivity contribution is 7.93. The molecule has 0 saturated heterocycles. The first-order valence-electron chi connectivity index (χ1n) is 5.66. The average Bonchev–Trinajstić information content (AvgIpc) is 2.90. The van der Waals surface area contributed by atoms with Gasteiger partial charge in [-0.3, -0.25) is 4.72 Å². The SMILES string of the molecule is CCc1ccc(OC)c(S(=O)(=O)Nc2nccs2)c1. The molecule has 7 heteroatoms. The fraction of sp³-hybridized carbons (Fsp3) is 0.250. The zero-order valence-electron chi connectivity index (χ0n) is 10.6. The van der Waals surface area contributed by atoms with Crippen molar-refractivity contribution in [2.45, 2.75) is 18.2 Å². The minimum absolute atomic E-state index is 0.129. The molecule has 1 heterocycles. The number of aromatic nitrogens is 1. The molecule has 0 atom stereocenters. The fourth-order valence-corrected chi connectivity index (χ4v) is 3.60. The summed E-state index contributed by atoms with van der Waals surface area (Å²) in [6, 6.07) is 5.13. The minimum Gasteiger partial charge on any atom is -0.495 e. The van der Waals surface area contributed by atoms with Crippen LogP contribution in [0.2, 0.25) is 0 Å². The van der Waals surface area contributed by atoms with E-state index in [2.05, 4.69) is 9.71 Å². The van der Waals surface area contributed by atoms with Gasteiger partial charge in [0.15, 0.2) is 5.13 Å². The first-order valence-corrected chi connectivity index (χ1v) is 8.02. The molecule has 2 rings (SSSR count). The number of aryl methyl sites for hydroxylation is 1. The Morgan fingerprint density at radius 3 is 2.79 bits per heavy atom. The van der Waals surface area contributed by atoms with E-state index in [9.17, 15) is 8.42 Å². The number of rotatable bonds is 5. The molecule has 102 valence electrons. The van der Waals surface area contributed by atoms with Gasteiger partial charge in [0.25, 0.3) is 10.0 Å². The molecule has 0 amide bonds. The predicted octanol–water partition coefficient (Wildman–Crippen LogP) is 2.51. The molecule has 5 nitrogen and oxygen atoms in total. The number of hydrogen-bond acceptors (Lipinski definition) is 5. The lowest BCUT2D eigenvalue weighted by molar-refractivity contribution is 0.402. The Kier molecular flexibility index (Phi) is 4.06. The number of sulfonamides is 1. The summed E-state index contributed by atoms with van der Waals surface area (Å²) in [5.74, 6) is 0.321. The summed E-state index contributed by atoms with van der Waals surface area (Å²) in [7, 11) is -2.24. The quantitative estimate of drug-likeness (QED) is 0.921. The molecular weight excluding hydrogens is 284 g/mol. The third-order valence-electron chi connectivity index (χ3n) is 2.58. The van der Waals surface area contributed by atoms with E-state index in [1.807, 2.05) is 13.0 Å². The molecule has 0 spiro atoms. The molecule has 0 aliphatic rings. The number of anilines is 1. The zero-order chi connectivity index (χ0) is 13.9. The van der Waals surface area contributed by atoms with Crippen molar-refractivity contribution >= 4 is 26.5 Å². The van der Waals surface area contributed by atoms with Crippen LogP contribution in [0.4, 0.5) is 5.13 Å². The van der Waals surface area contributed by atoms with Gasteiger partial charge in [0.1, 0.15) is 10.6 Å². The first kappa shape index (κ1) is 13.8. The molecule has 0 aliphatic heterocycles. The first-order chi connectivity index (χ1) is 9.06. The third-order valence-corrected chi connectivity index (χ3v) is 4.76. The highest BCUT2D eigenvalue weighted by atomic mass is 32.2. The molecule has 1 aromatic heterocycles. The molecule has 0 aliphatic carbocycles. The van der Waals surface area contributed by atoms with Gasteiger partial charge < -0.3 is 4.74 Å². The number of benzene rings is 1. The van der Waals surface area contributed by atoms with Crippen LogP contribution in [-0.2, 0) is 16.4 Å². The lowest BCUT2D eigenvalue weighted by Gasteiger charge is -2.11. The third kappa shape index (κ3) is 3.05. The molecule has 1 aromatic carbocycles. The standard InChI is InChI=1S/C12H14N2O3S2/c1-3-9-4-5-10(17-2)11(8-9)19(15,16)14-12-13-6-7-18-12/h4-8H,3H2,1-2H3,(H,13,14). The van der Waals surface area contributed by atoms with Gasteiger partial charge in [-0.05, 0) is 24.1 Å². The zero-order valence-corrected chi connectivity index (χ0v) is 12.2. The van der Waals surface area contributed by atoms with Crippen molar-refractivity contribution < 1.29 is 13.2 Å². The Hall–Kier alpha value is -1.60. The molecule has 0 unspecified atom stereocenters. The summed E-state index contributed by atoms with van der Waals surface area (Å²) >= 11 is 1.23. The summed E-state index contributed by atoms with van der Waals surface area (Å²) in [5, 5.41) is 2.04. The van der Waals surface area contributed by atoms with Crippen LogP contribution in [0.25, 0.3) is 0 Å². The second-order valence-electron chi connectivity index (χ2n) is 3.78. The van der Waals surface area contributed by atoms with Crippen LogP contribution in [0, 0.1) is 0 Å². The maximum absolute atomic E-state index is 12.3. The summed E-state index contributed by atoms with van der Waals surface area (Å²) in [5.41, 5.74) is 0.931. The molecule has 0 radical (unpaired) electrons. The fourth-order valence-electron chi connectivity index (χ4n) is 1.59. The van der Waals surface area contributed by atoms with Gasteiger partial charge >= 0.3 is 0 Å². The van der Waals surface area contributed by atoms with E-state index >= 15 is 0 Å². The van der Waals surface area contributed by atoms with Crippen molar-refractivity contribution in [1.29, 1.82) is 0 Å². The van der Waals surface area contributed by atoms with Crippen LogP contribution >= 0.6 is 11.3 Å². The van der Waals surface area contributed by atoms with E-state index in [-0.39, 0.29) is 4.90 Å². The van der Waals surface area contributed by atoms with E-state index in [4.69, 9.17) is 4.74 Å². The maximum Gasteiger partial charge on any atom is 0.267 e. The number of nitrogens with zero attached hydrogens (tertiary/aromatic N) is 1. The number of methoxy groups -OCH3 is 1. The Bertz CT molecular complexity index is 652. The minimum atomic E-state index is -3.69. The van der Waals surface area contributed by atoms with Gasteiger partial charge in [0.2, 0.25) is 0 Å². The largest absolute Gasteiger partial charge is 0.495 e. The second-order valence-corrected chi connectivity index (χ2v) is 6.33. The normalized spacial score (nSPS) is 11.3. The van der Waals surface area contributed by atoms with Crippen molar-refractivity contribution in [3.63, 3.8) is 0 Å². The highest BCUT2D eigenvalue weighted by Gasteiger charge is 2.20. The molecule has 2 aromatic rings. The number of ether oxygens (including phenoxy) is 1. The predicted molar refractivity (Wildman–Crippen MR) is 75.3 cm³/mol. The summed E-state index contributed by atoms with van der Waals surface area (Å²) in [6.45, 7) is 1.96. The van der Waals surface area contributed by atoms with Gasteiger partial charge in [-0.25, -0.2) is 13.4 Å². The average molecular weight is 298 g/mol. The molecule has 0 fully saturated rings. The van der Waals surface area contributed by atoms with E-state index < -0.39 is 10.0 Å². The molecular formula is C12H14N2O3S2. The summed E-state index contributed by atoms with van der Waals surface area (Å²) < 4.78 is 32.2. The van der Waals surface area contributed by atoms with Gasteiger partial charge in [-0.15, -0.1) is 11.3 Å². The van der Waals surface area contributed by atoms with Crippen LogP contribution in [-0.4, -0.2) is 20.5 Å². The molecule has 0 saturated carbocycles. The lowest BCUT2D eigenvalue weighted by Crippen LogP contribution is -2.14. The van der Waals surface area contributed by atoms with Gasteiger partial charge in [0.05, 0.1) is 7.11 Å². The van der Waals surface area contributed by atoms with E-state index in [0.29, 0.717) is 10.9 Å². The number of hydrogen-bond donors (Lipinski definition) is 1. The number of thiazole rings is 1. The van der Waals surface area contributed by atoms with E-state index in [0.717, 1.165) is 12.0 Å². The van der Waals surface area contributed by atoms with Crippen LogP contribution in [0.5, 0.6) is 5.75 Å². The van der Waals surface area contributed by atoms with Crippen molar-refractivity contribution in [1.82, 2.24) is 4.98 Å². The Morgan fingerprint density at radius 1 is 1.42 bits per heavy atom. The van der Waals surface area contributed by atoms with Gasteiger partial charge in [0, 0.05) is 11.6 Å². The monoisotopic (exact) mass is 298 g/mol. The van der Waals surface area contributed by atoms with Crippen LogP contribution in [0.15, 0.2) is 34.7 Å². The molecule has 1 N–H and O–H groups in total. The summed E-state index contributed by atoms with van der Waals surface area (Å²) in [6.07, 6.45) is 2.30. The van der Waals surface area contributed by atoms with Crippen LogP contribution in [0.1, 0.15) is 12.5 Å². The topological polar surface area (TPSA) is 68.3 Å². The Labute approximate surface area is 116 Å². The molecule has 19 heavy (non-hydrogen) atoms. The number of nitrogens with one attached hydrogen (secondary N) is 1. The smallest absolute Gasteiger partial charge is 0.267 e. The molecule has 0 bridgehead atoms. The van der Waals surface area contributed by atoms with Crippen molar-refractivity contribution in [3.8, 4) is 5.75 Å². The maximum atomic E-state index is 12.3.